The molecule has 0 aromatic carbocycles. The molecule has 0 radical (unpaired) electrons. The third-order valence-electron chi connectivity index (χ3n) is 3.15. The number of Topliss-reactive ketones (excluding diaryl/α,β-unsaturated/α-hetero) is 1. The third kappa shape index (κ3) is 1.78. The molecule has 1 fully saturated rings. The van der Waals surface area contributed by atoms with E-state index in [2.05, 4.69) is 4.90 Å². The summed E-state index contributed by atoms with van der Waals surface area (Å²) in [7, 11) is 0. The SMILES string of the molecule is NC1=CC(=O)c2cn(CCN3CC3)cc2C1=O. The minimum Gasteiger partial charge on any atom is -0.395 e. The lowest BCUT2D eigenvalue weighted by atomic mass is 9.98. The van der Waals surface area contributed by atoms with Crippen LogP contribution in [0.4, 0.5) is 0 Å². The predicted molar refractivity (Wildman–Crippen MR) is 61.8 cm³/mol. The van der Waals surface area contributed by atoms with Crippen LogP contribution in [0.1, 0.15) is 20.7 Å². The highest BCUT2D eigenvalue weighted by atomic mass is 16.1. The van der Waals surface area contributed by atoms with E-state index in [0.717, 1.165) is 26.2 Å². The number of carbonyl (C=O) groups excluding carboxylic acids is 2. The van der Waals surface area contributed by atoms with E-state index >= 15 is 0 Å². The lowest BCUT2D eigenvalue weighted by Gasteiger charge is -2.06. The van der Waals surface area contributed by atoms with Gasteiger partial charge >= 0.3 is 0 Å². The van der Waals surface area contributed by atoms with Crippen molar-refractivity contribution in [1.82, 2.24) is 9.47 Å². The van der Waals surface area contributed by atoms with E-state index in [0.29, 0.717) is 11.1 Å². The van der Waals surface area contributed by atoms with E-state index < -0.39 is 0 Å². The summed E-state index contributed by atoms with van der Waals surface area (Å²) < 4.78 is 1.89. The van der Waals surface area contributed by atoms with Gasteiger partial charge in [-0.1, -0.05) is 0 Å². The first-order valence-electron chi connectivity index (χ1n) is 5.63. The van der Waals surface area contributed by atoms with Gasteiger partial charge in [-0.2, -0.15) is 0 Å². The maximum atomic E-state index is 11.8. The molecule has 1 aliphatic heterocycles. The fourth-order valence-corrected chi connectivity index (χ4v) is 2.01. The molecule has 0 atom stereocenters. The van der Waals surface area contributed by atoms with Gasteiger partial charge in [-0.25, -0.2) is 0 Å². The average molecular weight is 231 g/mol. The fourth-order valence-electron chi connectivity index (χ4n) is 2.01. The Hall–Kier alpha value is -1.88. The summed E-state index contributed by atoms with van der Waals surface area (Å²) in [5, 5.41) is 0. The molecule has 2 heterocycles. The van der Waals surface area contributed by atoms with Crippen LogP contribution in [-0.4, -0.2) is 40.7 Å². The predicted octanol–water partition coefficient (Wildman–Crippen LogP) is 0.0253. The van der Waals surface area contributed by atoms with E-state index in [-0.39, 0.29) is 17.3 Å². The molecule has 0 amide bonds. The van der Waals surface area contributed by atoms with E-state index in [1.54, 1.807) is 12.4 Å². The third-order valence-corrected chi connectivity index (χ3v) is 3.15. The van der Waals surface area contributed by atoms with Gasteiger partial charge in [0.25, 0.3) is 0 Å². The van der Waals surface area contributed by atoms with Crippen molar-refractivity contribution in [2.75, 3.05) is 19.6 Å². The lowest BCUT2D eigenvalue weighted by molar-refractivity contribution is 0.0984. The maximum Gasteiger partial charge on any atom is 0.211 e. The molecule has 2 N–H and O–H groups in total. The van der Waals surface area contributed by atoms with Crippen LogP contribution in [0.3, 0.4) is 0 Å². The van der Waals surface area contributed by atoms with Crippen molar-refractivity contribution in [2.24, 2.45) is 5.73 Å². The first-order chi connectivity index (χ1) is 8.15. The summed E-state index contributed by atoms with van der Waals surface area (Å²) in [6.07, 6.45) is 4.67. The summed E-state index contributed by atoms with van der Waals surface area (Å²) >= 11 is 0. The molecule has 1 aromatic rings. The van der Waals surface area contributed by atoms with Crippen LogP contribution in [0, 0.1) is 0 Å². The van der Waals surface area contributed by atoms with Crippen molar-refractivity contribution in [3.8, 4) is 0 Å². The largest absolute Gasteiger partial charge is 0.395 e. The van der Waals surface area contributed by atoms with Gasteiger partial charge in [-0.3, -0.25) is 14.5 Å². The van der Waals surface area contributed by atoms with Crippen LogP contribution in [-0.2, 0) is 6.54 Å². The van der Waals surface area contributed by atoms with E-state index in [9.17, 15) is 9.59 Å². The second kappa shape index (κ2) is 3.56. The van der Waals surface area contributed by atoms with Gasteiger partial charge in [-0.05, 0) is 0 Å². The molecule has 1 saturated heterocycles. The van der Waals surface area contributed by atoms with Crippen LogP contribution >= 0.6 is 0 Å². The van der Waals surface area contributed by atoms with Crippen molar-refractivity contribution >= 4 is 11.6 Å². The minimum absolute atomic E-state index is 0.0335. The topological polar surface area (TPSA) is 68.1 Å². The Balaban J connectivity index is 1.86. The second-order valence-corrected chi connectivity index (χ2v) is 4.46. The number of ketones is 2. The van der Waals surface area contributed by atoms with Gasteiger partial charge in [0.05, 0.1) is 16.8 Å². The molecule has 0 bridgehead atoms. The highest BCUT2D eigenvalue weighted by Crippen LogP contribution is 2.20. The number of fused-ring (bicyclic) bond motifs is 1. The van der Waals surface area contributed by atoms with Crippen molar-refractivity contribution in [3.63, 3.8) is 0 Å². The van der Waals surface area contributed by atoms with E-state index in [1.165, 1.54) is 6.08 Å². The van der Waals surface area contributed by atoms with Gasteiger partial charge in [0.15, 0.2) is 5.78 Å². The number of aromatic nitrogens is 1. The van der Waals surface area contributed by atoms with Gasteiger partial charge < -0.3 is 10.3 Å². The lowest BCUT2D eigenvalue weighted by Crippen LogP contribution is -2.20. The molecule has 0 spiro atoms. The molecule has 5 heteroatoms. The number of allylic oxidation sites excluding steroid dienone is 2. The van der Waals surface area contributed by atoms with Crippen molar-refractivity contribution in [2.45, 2.75) is 6.54 Å². The number of hydrogen-bond acceptors (Lipinski definition) is 4. The van der Waals surface area contributed by atoms with Crippen LogP contribution < -0.4 is 5.73 Å². The highest BCUT2D eigenvalue weighted by molar-refractivity contribution is 6.24. The Morgan fingerprint density at radius 3 is 2.53 bits per heavy atom. The van der Waals surface area contributed by atoms with Gasteiger partial charge in [-0.15, -0.1) is 0 Å². The monoisotopic (exact) mass is 231 g/mol. The fraction of sp³-hybridized carbons (Fsp3) is 0.333. The van der Waals surface area contributed by atoms with Crippen LogP contribution in [0.5, 0.6) is 0 Å². The molecule has 0 saturated carbocycles. The number of rotatable bonds is 3. The van der Waals surface area contributed by atoms with Crippen molar-refractivity contribution < 1.29 is 9.59 Å². The number of hydrogen-bond donors (Lipinski definition) is 1. The summed E-state index contributed by atoms with van der Waals surface area (Å²) in [4.78, 5) is 25.7. The van der Waals surface area contributed by atoms with Crippen molar-refractivity contribution in [3.05, 3.63) is 35.3 Å². The zero-order chi connectivity index (χ0) is 12.0. The zero-order valence-corrected chi connectivity index (χ0v) is 9.35. The molecule has 3 rings (SSSR count). The molecular weight excluding hydrogens is 218 g/mol. The molecule has 0 unspecified atom stereocenters. The summed E-state index contributed by atoms with van der Waals surface area (Å²) in [6, 6.07) is 0. The Labute approximate surface area is 98.5 Å². The summed E-state index contributed by atoms with van der Waals surface area (Å²) in [6.45, 7) is 4.05. The molecule has 5 nitrogen and oxygen atoms in total. The maximum absolute atomic E-state index is 11.8. The van der Waals surface area contributed by atoms with E-state index in [4.69, 9.17) is 5.73 Å². The van der Waals surface area contributed by atoms with Gasteiger partial charge in [0.1, 0.15) is 0 Å². The first-order valence-corrected chi connectivity index (χ1v) is 5.63. The molecular formula is C12H13N3O2. The van der Waals surface area contributed by atoms with Crippen molar-refractivity contribution in [1.29, 1.82) is 0 Å². The molecule has 17 heavy (non-hydrogen) atoms. The average Bonchev–Trinajstić information content (AvgIpc) is 3.02. The second-order valence-electron chi connectivity index (χ2n) is 4.46. The van der Waals surface area contributed by atoms with E-state index in [1.807, 2.05) is 4.57 Å². The Morgan fingerprint density at radius 2 is 1.82 bits per heavy atom. The Bertz CT molecular complexity index is 538. The van der Waals surface area contributed by atoms with Crippen LogP contribution in [0.2, 0.25) is 0 Å². The number of carbonyl (C=O) groups is 2. The Kier molecular flexibility index (Phi) is 2.16. The van der Waals surface area contributed by atoms with Crippen LogP contribution in [0.25, 0.3) is 0 Å². The smallest absolute Gasteiger partial charge is 0.211 e. The minimum atomic E-state index is -0.245. The van der Waals surface area contributed by atoms with Gasteiger partial charge in [0, 0.05) is 44.6 Å². The highest BCUT2D eigenvalue weighted by Gasteiger charge is 2.26. The molecule has 1 aromatic heterocycles. The molecule has 2 aliphatic rings. The standard InChI is InChI=1S/C12H13N3O2/c13-10-5-11(16)8-6-15(4-3-14-1-2-14)7-9(8)12(10)17/h5-7H,1-4,13H2. The summed E-state index contributed by atoms with van der Waals surface area (Å²) in [5.41, 5.74) is 6.43. The zero-order valence-electron chi connectivity index (χ0n) is 9.35. The molecule has 88 valence electrons. The molecule has 1 aliphatic carbocycles. The quantitative estimate of drug-likeness (QED) is 0.745. The normalized spacial score (nSPS) is 19.2. The number of nitrogens with zero attached hydrogens (tertiary/aromatic N) is 2. The number of nitrogens with two attached hydrogens (primary N) is 1. The summed E-state index contributed by atoms with van der Waals surface area (Å²) in [5.74, 6) is -0.423. The van der Waals surface area contributed by atoms with Crippen LogP contribution in [0.15, 0.2) is 24.2 Å². The Morgan fingerprint density at radius 1 is 1.12 bits per heavy atom. The first kappa shape index (κ1) is 10.3. The van der Waals surface area contributed by atoms with Gasteiger partial charge in [0.2, 0.25) is 5.78 Å².